The number of hydrogen-bond acceptors (Lipinski definition) is 4. The standard InChI is InChI=1S/C15H26N4/c1-15(2,8-9-16)10-17-14-12-6-4-3-5-7-13(12)18-11-19-14/h11H,3-10,16H2,1-2H3,(H,17,18,19). The van der Waals surface area contributed by atoms with Crippen molar-refractivity contribution in [2.75, 3.05) is 18.4 Å². The molecule has 1 aromatic rings. The van der Waals surface area contributed by atoms with E-state index in [-0.39, 0.29) is 5.41 Å². The first-order valence-electron chi connectivity index (χ1n) is 7.39. The molecule has 1 aliphatic rings. The molecule has 19 heavy (non-hydrogen) atoms. The van der Waals surface area contributed by atoms with Gasteiger partial charge in [-0.05, 0) is 44.1 Å². The number of nitrogens with one attached hydrogen (secondary N) is 1. The Kier molecular flexibility index (Phi) is 4.75. The Morgan fingerprint density at radius 2 is 2.00 bits per heavy atom. The minimum absolute atomic E-state index is 0.206. The molecule has 4 nitrogen and oxygen atoms in total. The first-order chi connectivity index (χ1) is 9.12. The zero-order valence-electron chi connectivity index (χ0n) is 12.2. The number of fused-ring (bicyclic) bond motifs is 1. The summed E-state index contributed by atoms with van der Waals surface area (Å²) >= 11 is 0. The number of aromatic nitrogens is 2. The van der Waals surface area contributed by atoms with E-state index in [1.807, 2.05) is 0 Å². The maximum atomic E-state index is 5.66. The largest absolute Gasteiger partial charge is 0.369 e. The normalized spacial score (nSPS) is 15.7. The van der Waals surface area contributed by atoms with Gasteiger partial charge >= 0.3 is 0 Å². The van der Waals surface area contributed by atoms with Gasteiger partial charge in [0, 0.05) is 17.8 Å². The van der Waals surface area contributed by atoms with Crippen molar-refractivity contribution in [2.45, 2.75) is 52.4 Å². The molecule has 1 aromatic heterocycles. The first kappa shape index (κ1) is 14.3. The number of nitrogens with two attached hydrogens (primary N) is 1. The van der Waals surface area contributed by atoms with Gasteiger partial charge in [-0.25, -0.2) is 9.97 Å². The fourth-order valence-electron chi connectivity index (χ4n) is 2.65. The summed E-state index contributed by atoms with van der Waals surface area (Å²) in [5.74, 6) is 1.04. The van der Waals surface area contributed by atoms with E-state index in [2.05, 4.69) is 29.1 Å². The van der Waals surface area contributed by atoms with E-state index in [0.29, 0.717) is 0 Å². The van der Waals surface area contributed by atoms with Gasteiger partial charge < -0.3 is 11.1 Å². The molecule has 0 saturated carbocycles. The molecule has 0 aromatic carbocycles. The second-order valence-electron chi connectivity index (χ2n) is 6.26. The predicted octanol–water partition coefficient (Wildman–Crippen LogP) is 2.53. The summed E-state index contributed by atoms with van der Waals surface area (Å²) in [6.45, 7) is 6.13. The lowest BCUT2D eigenvalue weighted by Gasteiger charge is -2.25. The van der Waals surface area contributed by atoms with Crippen molar-refractivity contribution >= 4 is 5.82 Å². The van der Waals surface area contributed by atoms with Gasteiger partial charge in [0.15, 0.2) is 0 Å². The monoisotopic (exact) mass is 262 g/mol. The average Bonchev–Trinajstić information content (AvgIpc) is 2.61. The highest BCUT2D eigenvalue weighted by molar-refractivity contribution is 5.46. The lowest BCUT2D eigenvalue weighted by molar-refractivity contribution is 0.364. The number of aryl methyl sites for hydroxylation is 1. The number of anilines is 1. The summed E-state index contributed by atoms with van der Waals surface area (Å²) < 4.78 is 0. The van der Waals surface area contributed by atoms with Gasteiger partial charge in [-0.2, -0.15) is 0 Å². The molecular weight excluding hydrogens is 236 g/mol. The smallest absolute Gasteiger partial charge is 0.132 e. The van der Waals surface area contributed by atoms with Crippen molar-refractivity contribution < 1.29 is 0 Å². The Morgan fingerprint density at radius 1 is 1.21 bits per heavy atom. The van der Waals surface area contributed by atoms with Crippen LogP contribution >= 0.6 is 0 Å². The molecule has 0 radical (unpaired) electrons. The lowest BCUT2D eigenvalue weighted by atomic mass is 9.89. The zero-order valence-corrected chi connectivity index (χ0v) is 12.2. The van der Waals surface area contributed by atoms with E-state index < -0.39 is 0 Å². The summed E-state index contributed by atoms with van der Waals surface area (Å²) in [6.07, 6.45) is 8.72. The van der Waals surface area contributed by atoms with Crippen LogP contribution in [0, 0.1) is 5.41 Å². The Hall–Kier alpha value is -1.16. The highest BCUT2D eigenvalue weighted by Gasteiger charge is 2.19. The van der Waals surface area contributed by atoms with Gasteiger partial charge in [0.05, 0.1) is 0 Å². The highest BCUT2D eigenvalue weighted by atomic mass is 15.0. The van der Waals surface area contributed by atoms with Gasteiger partial charge in [0.25, 0.3) is 0 Å². The molecule has 4 heteroatoms. The molecule has 0 amide bonds. The molecule has 1 heterocycles. The van der Waals surface area contributed by atoms with Gasteiger partial charge in [0.2, 0.25) is 0 Å². The van der Waals surface area contributed by atoms with Crippen molar-refractivity contribution in [3.8, 4) is 0 Å². The third-order valence-corrected chi connectivity index (χ3v) is 3.93. The minimum atomic E-state index is 0.206. The summed E-state index contributed by atoms with van der Waals surface area (Å²) in [5.41, 5.74) is 8.45. The van der Waals surface area contributed by atoms with Crippen LogP contribution in [-0.2, 0) is 12.8 Å². The SMILES string of the molecule is CC(C)(CCN)CNc1ncnc2c1CCCCC2. The van der Waals surface area contributed by atoms with Crippen LogP contribution in [0.15, 0.2) is 6.33 Å². The van der Waals surface area contributed by atoms with E-state index in [9.17, 15) is 0 Å². The summed E-state index contributed by atoms with van der Waals surface area (Å²) in [4.78, 5) is 8.89. The lowest BCUT2D eigenvalue weighted by Crippen LogP contribution is -2.27. The second kappa shape index (κ2) is 6.33. The van der Waals surface area contributed by atoms with E-state index in [4.69, 9.17) is 5.73 Å². The average molecular weight is 262 g/mol. The van der Waals surface area contributed by atoms with Gasteiger partial charge in [-0.15, -0.1) is 0 Å². The fraction of sp³-hybridized carbons (Fsp3) is 0.733. The molecule has 2 rings (SSSR count). The number of hydrogen-bond donors (Lipinski definition) is 2. The van der Waals surface area contributed by atoms with E-state index >= 15 is 0 Å². The molecule has 0 fully saturated rings. The van der Waals surface area contributed by atoms with Crippen molar-refractivity contribution in [1.29, 1.82) is 0 Å². The summed E-state index contributed by atoms with van der Waals surface area (Å²) in [7, 11) is 0. The van der Waals surface area contributed by atoms with Crippen LogP contribution in [0.3, 0.4) is 0 Å². The predicted molar refractivity (Wildman–Crippen MR) is 79.2 cm³/mol. The fourth-order valence-corrected chi connectivity index (χ4v) is 2.65. The Morgan fingerprint density at radius 3 is 2.79 bits per heavy atom. The third-order valence-electron chi connectivity index (χ3n) is 3.93. The quantitative estimate of drug-likeness (QED) is 0.800. The van der Waals surface area contributed by atoms with Crippen LogP contribution in [0.25, 0.3) is 0 Å². The molecule has 0 bridgehead atoms. The van der Waals surface area contributed by atoms with Crippen molar-refractivity contribution in [2.24, 2.45) is 11.1 Å². The number of nitrogens with zero attached hydrogens (tertiary/aromatic N) is 2. The van der Waals surface area contributed by atoms with Crippen LogP contribution in [0.5, 0.6) is 0 Å². The van der Waals surface area contributed by atoms with Crippen LogP contribution in [0.2, 0.25) is 0 Å². The maximum Gasteiger partial charge on any atom is 0.132 e. The summed E-state index contributed by atoms with van der Waals surface area (Å²) in [5, 5.41) is 3.52. The van der Waals surface area contributed by atoms with Gasteiger partial charge in [-0.1, -0.05) is 20.3 Å². The topological polar surface area (TPSA) is 63.8 Å². The molecule has 106 valence electrons. The third kappa shape index (κ3) is 3.90. The van der Waals surface area contributed by atoms with Crippen molar-refractivity contribution in [1.82, 2.24) is 9.97 Å². The molecule has 0 spiro atoms. The molecule has 0 aliphatic heterocycles. The minimum Gasteiger partial charge on any atom is -0.369 e. The van der Waals surface area contributed by atoms with E-state index in [0.717, 1.165) is 38.2 Å². The molecular formula is C15H26N4. The summed E-state index contributed by atoms with van der Waals surface area (Å²) in [6, 6.07) is 0. The van der Waals surface area contributed by atoms with E-state index in [1.54, 1.807) is 6.33 Å². The van der Waals surface area contributed by atoms with Crippen LogP contribution in [0.1, 0.15) is 50.8 Å². The molecule has 0 atom stereocenters. The Bertz CT molecular complexity index is 415. The Labute approximate surface area is 116 Å². The molecule has 0 unspecified atom stereocenters. The van der Waals surface area contributed by atoms with Gasteiger partial charge in [0.1, 0.15) is 12.1 Å². The van der Waals surface area contributed by atoms with Crippen LogP contribution in [-0.4, -0.2) is 23.1 Å². The number of rotatable bonds is 5. The van der Waals surface area contributed by atoms with Gasteiger partial charge in [-0.3, -0.25) is 0 Å². The molecule has 1 aliphatic carbocycles. The highest BCUT2D eigenvalue weighted by Crippen LogP contribution is 2.26. The second-order valence-corrected chi connectivity index (χ2v) is 6.26. The Balaban J connectivity index is 2.08. The molecule has 3 N–H and O–H groups in total. The maximum absolute atomic E-state index is 5.66. The van der Waals surface area contributed by atoms with Crippen molar-refractivity contribution in [3.05, 3.63) is 17.6 Å². The van der Waals surface area contributed by atoms with Crippen LogP contribution in [0.4, 0.5) is 5.82 Å². The van der Waals surface area contributed by atoms with Crippen molar-refractivity contribution in [3.63, 3.8) is 0 Å². The molecule has 0 saturated heterocycles. The zero-order chi connectivity index (χ0) is 13.7. The van der Waals surface area contributed by atoms with E-state index in [1.165, 1.54) is 30.5 Å². The first-order valence-corrected chi connectivity index (χ1v) is 7.39. The van der Waals surface area contributed by atoms with Crippen LogP contribution < -0.4 is 11.1 Å².